The molecule has 0 saturated heterocycles. The minimum absolute atomic E-state index is 0.0702. The van der Waals surface area contributed by atoms with Crippen molar-refractivity contribution in [3.63, 3.8) is 0 Å². The molecular formula is C58H108O6. The van der Waals surface area contributed by atoms with E-state index in [2.05, 4.69) is 45.1 Å². The van der Waals surface area contributed by atoms with Gasteiger partial charge >= 0.3 is 17.9 Å². The number of allylic oxidation sites excluding steroid dienone is 4. The average Bonchev–Trinajstić information content (AvgIpc) is 3.29. The molecule has 0 aromatic rings. The van der Waals surface area contributed by atoms with Crippen LogP contribution in [0.15, 0.2) is 24.3 Å². The summed E-state index contributed by atoms with van der Waals surface area (Å²) < 4.78 is 16.9. The van der Waals surface area contributed by atoms with Crippen LogP contribution in [-0.4, -0.2) is 37.2 Å². The minimum atomic E-state index is -0.771. The van der Waals surface area contributed by atoms with Crippen LogP contribution in [-0.2, 0) is 28.6 Å². The quantitative estimate of drug-likeness (QED) is 0.0262. The van der Waals surface area contributed by atoms with Gasteiger partial charge in [-0.3, -0.25) is 14.4 Å². The SMILES string of the molecule is CCCC/C=C/C/C=C/CCCCCCCC(=O)OC[C@H](COC(=O)CCCCCCCCCCCCCCCCCCC)OC(=O)CCCCCCCCCCCCCCCCC. The fourth-order valence-corrected chi connectivity index (χ4v) is 8.40. The molecule has 0 spiro atoms. The highest BCUT2D eigenvalue weighted by atomic mass is 16.6. The Bertz CT molecular complexity index is 1040. The van der Waals surface area contributed by atoms with Gasteiger partial charge in [0.25, 0.3) is 0 Å². The maximum Gasteiger partial charge on any atom is 0.306 e. The smallest absolute Gasteiger partial charge is 0.306 e. The van der Waals surface area contributed by atoms with Crippen molar-refractivity contribution in [2.45, 2.75) is 316 Å². The molecule has 0 heterocycles. The Labute approximate surface area is 398 Å². The van der Waals surface area contributed by atoms with E-state index in [1.165, 1.54) is 193 Å². The van der Waals surface area contributed by atoms with Gasteiger partial charge in [0.05, 0.1) is 0 Å². The zero-order valence-corrected chi connectivity index (χ0v) is 43.1. The number of carbonyl (C=O) groups is 3. The van der Waals surface area contributed by atoms with Crippen molar-refractivity contribution in [3.8, 4) is 0 Å². The van der Waals surface area contributed by atoms with Crippen molar-refractivity contribution in [1.82, 2.24) is 0 Å². The summed E-state index contributed by atoms with van der Waals surface area (Å²) in [5, 5.41) is 0. The highest BCUT2D eigenvalue weighted by Crippen LogP contribution is 2.17. The fourth-order valence-electron chi connectivity index (χ4n) is 8.40. The maximum atomic E-state index is 12.8. The normalized spacial score (nSPS) is 12.1. The first-order valence-corrected chi connectivity index (χ1v) is 28.3. The van der Waals surface area contributed by atoms with Gasteiger partial charge in [-0.1, -0.05) is 270 Å². The zero-order chi connectivity index (χ0) is 46.5. The monoisotopic (exact) mass is 901 g/mol. The van der Waals surface area contributed by atoms with Crippen LogP contribution in [0.1, 0.15) is 310 Å². The highest BCUT2D eigenvalue weighted by Gasteiger charge is 2.19. The molecule has 0 aromatic heterocycles. The molecule has 0 aliphatic heterocycles. The van der Waals surface area contributed by atoms with E-state index in [1.54, 1.807) is 0 Å². The van der Waals surface area contributed by atoms with E-state index in [9.17, 15) is 14.4 Å². The molecule has 376 valence electrons. The summed E-state index contributed by atoms with van der Waals surface area (Å²) in [6.45, 7) is 6.64. The maximum absolute atomic E-state index is 12.8. The number of unbranched alkanes of at least 4 members (excludes halogenated alkanes) is 37. The molecule has 6 heteroatoms. The first-order valence-electron chi connectivity index (χ1n) is 28.3. The minimum Gasteiger partial charge on any atom is -0.462 e. The highest BCUT2D eigenvalue weighted by molar-refractivity contribution is 5.71. The molecule has 0 fully saturated rings. The second-order valence-electron chi connectivity index (χ2n) is 19.2. The zero-order valence-electron chi connectivity index (χ0n) is 43.1. The lowest BCUT2D eigenvalue weighted by Crippen LogP contribution is -2.30. The summed E-state index contributed by atoms with van der Waals surface area (Å²) in [6.07, 6.45) is 61.6. The summed E-state index contributed by atoms with van der Waals surface area (Å²) in [7, 11) is 0. The summed E-state index contributed by atoms with van der Waals surface area (Å²) in [5.41, 5.74) is 0. The summed E-state index contributed by atoms with van der Waals surface area (Å²) >= 11 is 0. The lowest BCUT2D eigenvalue weighted by atomic mass is 10.0. The summed E-state index contributed by atoms with van der Waals surface area (Å²) in [4.78, 5) is 38.1. The predicted octanol–water partition coefficient (Wildman–Crippen LogP) is 18.7. The molecule has 0 aliphatic carbocycles. The van der Waals surface area contributed by atoms with Crippen molar-refractivity contribution in [2.24, 2.45) is 0 Å². The van der Waals surface area contributed by atoms with E-state index in [1.807, 2.05) is 0 Å². The molecule has 0 amide bonds. The third-order valence-corrected chi connectivity index (χ3v) is 12.7. The van der Waals surface area contributed by atoms with Gasteiger partial charge in [-0.05, 0) is 44.9 Å². The van der Waals surface area contributed by atoms with Gasteiger partial charge in [0.2, 0.25) is 0 Å². The number of rotatable bonds is 52. The fraction of sp³-hybridized carbons (Fsp3) is 0.879. The van der Waals surface area contributed by atoms with Crippen LogP contribution < -0.4 is 0 Å². The number of esters is 3. The van der Waals surface area contributed by atoms with Crippen molar-refractivity contribution in [2.75, 3.05) is 13.2 Å². The Kier molecular flexibility index (Phi) is 51.7. The Morgan fingerprint density at radius 2 is 0.578 bits per heavy atom. The molecule has 0 unspecified atom stereocenters. The largest absolute Gasteiger partial charge is 0.462 e. The van der Waals surface area contributed by atoms with Gasteiger partial charge < -0.3 is 14.2 Å². The molecular weight excluding hydrogens is 793 g/mol. The van der Waals surface area contributed by atoms with E-state index in [0.717, 1.165) is 77.0 Å². The standard InChI is InChI=1S/C58H108O6/c1-4-7-10-13-16-19-22-25-28-29-31-33-36-39-42-45-48-51-57(60)63-54-55(53-62-56(59)50-47-44-41-38-35-32-27-24-21-18-15-12-9-6-3)64-58(61)52-49-46-43-40-37-34-30-26-23-20-17-14-11-8-5-2/h15,18,24,27,55H,4-14,16-17,19-23,25-26,28-54H2,1-3H3/b18-15+,27-24+/t55-/m1/s1. The molecule has 0 aromatic carbocycles. The van der Waals surface area contributed by atoms with Gasteiger partial charge in [-0.2, -0.15) is 0 Å². The van der Waals surface area contributed by atoms with Crippen molar-refractivity contribution < 1.29 is 28.6 Å². The van der Waals surface area contributed by atoms with Gasteiger partial charge in [0.15, 0.2) is 6.10 Å². The molecule has 0 bridgehead atoms. The summed E-state index contributed by atoms with van der Waals surface area (Å²) in [5.74, 6) is -0.864. The molecule has 0 rings (SSSR count). The molecule has 6 nitrogen and oxygen atoms in total. The first-order chi connectivity index (χ1) is 31.5. The van der Waals surface area contributed by atoms with Crippen molar-refractivity contribution in [3.05, 3.63) is 24.3 Å². The number of hydrogen-bond acceptors (Lipinski definition) is 6. The Hall–Kier alpha value is -2.11. The molecule has 0 aliphatic rings. The lowest BCUT2D eigenvalue weighted by Gasteiger charge is -2.18. The molecule has 0 radical (unpaired) electrons. The molecule has 1 atom stereocenters. The first kappa shape index (κ1) is 61.9. The lowest BCUT2D eigenvalue weighted by molar-refractivity contribution is -0.167. The van der Waals surface area contributed by atoms with Crippen molar-refractivity contribution >= 4 is 17.9 Å². The Morgan fingerprint density at radius 1 is 0.312 bits per heavy atom. The van der Waals surface area contributed by atoms with Crippen LogP contribution in [0.2, 0.25) is 0 Å². The van der Waals surface area contributed by atoms with Crippen LogP contribution in [0.3, 0.4) is 0 Å². The van der Waals surface area contributed by atoms with Crippen LogP contribution in [0.5, 0.6) is 0 Å². The van der Waals surface area contributed by atoms with E-state index in [4.69, 9.17) is 14.2 Å². The average molecular weight is 901 g/mol. The summed E-state index contributed by atoms with van der Waals surface area (Å²) in [6, 6.07) is 0. The number of hydrogen-bond donors (Lipinski definition) is 0. The predicted molar refractivity (Wildman–Crippen MR) is 275 cm³/mol. The molecule has 64 heavy (non-hydrogen) atoms. The second-order valence-corrected chi connectivity index (χ2v) is 19.2. The van der Waals surface area contributed by atoms with Crippen LogP contribution >= 0.6 is 0 Å². The van der Waals surface area contributed by atoms with Gasteiger partial charge in [0.1, 0.15) is 13.2 Å². The van der Waals surface area contributed by atoms with Gasteiger partial charge in [-0.25, -0.2) is 0 Å². The Balaban J connectivity index is 4.33. The van der Waals surface area contributed by atoms with E-state index in [0.29, 0.717) is 19.3 Å². The van der Waals surface area contributed by atoms with Crippen LogP contribution in [0, 0.1) is 0 Å². The second kappa shape index (κ2) is 53.5. The number of ether oxygens (including phenoxy) is 3. The van der Waals surface area contributed by atoms with Crippen LogP contribution in [0.4, 0.5) is 0 Å². The van der Waals surface area contributed by atoms with E-state index in [-0.39, 0.29) is 31.1 Å². The van der Waals surface area contributed by atoms with Gasteiger partial charge in [0, 0.05) is 19.3 Å². The third kappa shape index (κ3) is 50.9. The topological polar surface area (TPSA) is 78.9 Å². The third-order valence-electron chi connectivity index (χ3n) is 12.7. The van der Waals surface area contributed by atoms with Crippen molar-refractivity contribution in [1.29, 1.82) is 0 Å². The van der Waals surface area contributed by atoms with Crippen LogP contribution in [0.25, 0.3) is 0 Å². The van der Waals surface area contributed by atoms with E-state index >= 15 is 0 Å². The van der Waals surface area contributed by atoms with Gasteiger partial charge in [-0.15, -0.1) is 0 Å². The molecule has 0 N–H and O–H groups in total. The Morgan fingerprint density at radius 3 is 0.906 bits per heavy atom. The van der Waals surface area contributed by atoms with E-state index < -0.39 is 6.10 Å². The molecule has 0 saturated carbocycles. The number of carbonyl (C=O) groups excluding carboxylic acids is 3.